The number of aromatic nitrogens is 2. The van der Waals surface area contributed by atoms with Crippen LogP contribution in [0.5, 0.6) is 0 Å². The molecular formula is C60H56IrN2O-2. The number of furan rings is 1. The van der Waals surface area contributed by atoms with Crippen LogP contribution in [0, 0.1) is 30.8 Å². The fourth-order valence-corrected chi connectivity index (χ4v) is 9.43. The Bertz CT molecular complexity index is 3440. The van der Waals surface area contributed by atoms with Crippen molar-refractivity contribution in [2.24, 2.45) is 11.8 Å². The van der Waals surface area contributed by atoms with Gasteiger partial charge >= 0.3 is 0 Å². The molecule has 1 radical (unpaired) electrons. The van der Waals surface area contributed by atoms with Crippen molar-refractivity contribution in [1.82, 2.24) is 9.97 Å². The third kappa shape index (κ3) is 8.63. The third-order valence-electron chi connectivity index (χ3n) is 12.7. The molecule has 6 aromatic carbocycles. The Morgan fingerprint density at radius 3 is 2.16 bits per heavy atom. The van der Waals surface area contributed by atoms with Gasteiger partial charge in [0, 0.05) is 55.6 Å². The fraction of sp³-hybridized carbons (Fsp3) is 0.267. The Hall–Kier alpha value is -5.67. The van der Waals surface area contributed by atoms with Crippen LogP contribution in [0.25, 0.3) is 77.5 Å². The molecule has 1 unspecified atom stereocenters. The van der Waals surface area contributed by atoms with Crippen molar-refractivity contribution in [3.63, 3.8) is 0 Å². The Balaban J connectivity index is 0.000000191. The van der Waals surface area contributed by atoms with E-state index in [1.54, 1.807) is 18.2 Å². The molecule has 9 aromatic rings. The number of hydrogen-bond acceptors (Lipinski definition) is 3. The number of nitrogens with zero attached hydrogens (tertiary/aromatic N) is 2. The second kappa shape index (κ2) is 18.8. The van der Waals surface area contributed by atoms with E-state index in [0.717, 1.165) is 109 Å². The Labute approximate surface area is 405 Å². The summed E-state index contributed by atoms with van der Waals surface area (Å²) in [6.07, 6.45) is 4.53. The van der Waals surface area contributed by atoms with E-state index in [1.165, 1.54) is 12.3 Å². The van der Waals surface area contributed by atoms with Crippen molar-refractivity contribution in [2.75, 3.05) is 0 Å². The maximum atomic E-state index is 9.18. The molecule has 3 aromatic heterocycles. The number of benzene rings is 6. The monoisotopic (exact) mass is 1020 g/mol. The molecule has 4 heteroatoms. The van der Waals surface area contributed by atoms with Crippen molar-refractivity contribution in [1.29, 1.82) is 0 Å². The van der Waals surface area contributed by atoms with Gasteiger partial charge in [0.2, 0.25) is 0 Å². The molecule has 1 fully saturated rings. The molecule has 2 aliphatic carbocycles. The van der Waals surface area contributed by atoms with Gasteiger partial charge in [0.1, 0.15) is 5.58 Å². The molecule has 0 amide bonds. The second-order valence-corrected chi connectivity index (χ2v) is 17.4. The molecule has 0 N–H and O–H groups in total. The Kier molecular flexibility index (Phi) is 9.93. The van der Waals surface area contributed by atoms with Crippen LogP contribution in [0.3, 0.4) is 0 Å². The van der Waals surface area contributed by atoms with Crippen LogP contribution in [0.2, 0.25) is 0 Å². The van der Waals surface area contributed by atoms with Crippen LogP contribution < -0.4 is 0 Å². The van der Waals surface area contributed by atoms with Crippen LogP contribution in [-0.4, -0.2) is 9.97 Å². The van der Waals surface area contributed by atoms with E-state index in [-0.39, 0.29) is 31.6 Å². The standard InChI is InChI=1S/C39H32NO.C21H24N.Ir/c1-24(2)34-21-29(26-11-6-5-7-12-26)22-35(25(3)4)37(34)28-19-20-40-36(23-28)33-16-10-15-31-32-18-17-27-13-8-9-14-30(27)38(32)41-39(31)33;1-15-7-10-21(22-14-15)18-9-8-17-11-19(13-20(17)12-18)16-5-3-2-4-6-16;/h5-15,17-25H,1-4H3;7-8,10,12,14,16,19H,2-6,11,13H2,1H3;/q2*-1;/i24D,25D;1D3,11D2,13D2;. The molecular weight excluding hydrogens is 957 g/mol. The molecule has 2 aliphatic rings. The topological polar surface area (TPSA) is 38.9 Å². The second-order valence-electron chi connectivity index (χ2n) is 17.4. The molecule has 0 aliphatic heterocycles. The molecule has 1 atom stereocenters. The summed E-state index contributed by atoms with van der Waals surface area (Å²) < 4.78 is 82.4. The molecule has 11 rings (SSSR count). The summed E-state index contributed by atoms with van der Waals surface area (Å²) in [6, 6.07) is 47.7. The zero-order valence-corrected chi connectivity index (χ0v) is 39.0. The van der Waals surface area contributed by atoms with Crippen molar-refractivity contribution in [2.45, 2.75) is 91.2 Å². The minimum absolute atomic E-state index is 0. The van der Waals surface area contributed by atoms with Crippen molar-refractivity contribution < 1.29 is 36.9 Å². The number of aryl methyl sites for hydroxylation is 1. The van der Waals surface area contributed by atoms with Gasteiger partial charge in [-0.25, -0.2) is 0 Å². The zero-order chi connectivity index (χ0) is 51.0. The van der Waals surface area contributed by atoms with Crippen molar-refractivity contribution >= 4 is 32.7 Å². The average Bonchev–Trinajstić information content (AvgIpc) is 3.82. The van der Waals surface area contributed by atoms with Crippen LogP contribution in [0.15, 0.2) is 144 Å². The number of hydrogen-bond donors (Lipinski definition) is 0. The van der Waals surface area contributed by atoms with Crippen LogP contribution >= 0.6 is 0 Å². The van der Waals surface area contributed by atoms with Gasteiger partial charge in [-0.3, -0.25) is 0 Å². The van der Waals surface area contributed by atoms with Gasteiger partial charge in [-0.2, -0.15) is 0 Å². The summed E-state index contributed by atoms with van der Waals surface area (Å²) in [5, 5.41) is 4.30. The first-order valence-electron chi connectivity index (χ1n) is 26.6. The van der Waals surface area contributed by atoms with E-state index >= 15 is 0 Å². The van der Waals surface area contributed by atoms with Gasteiger partial charge in [-0.1, -0.05) is 174 Å². The maximum Gasteiger partial charge on any atom is 0.128 e. The Morgan fingerprint density at radius 2 is 1.41 bits per heavy atom. The first-order valence-corrected chi connectivity index (χ1v) is 22.1. The number of fused-ring (bicyclic) bond motifs is 6. The van der Waals surface area contributed by atoms with Crippen molar-refractivity contribution in [3.8, 4) is 44.8 Å². The van der Waals surface area contributed by atoms with E-state index in [2.05, 4.69) is 71.7 Å². The quantitative estimate of drug-likeness (QED) is 0.149. The average molecular weight is 1020 g/mol. The molecule has 3 heterocycles. The van der Waals surface area contributed by atoms with Gasteiger partial charge < -0.3 is 14.4 Å². The summed E-state index contributed by atoms with van der Waals surface area (Å²) in [6.45, 7) is 5.43. The largest absolute Gasteiger partial charge is 0.500 e. The number of pyridine rings is 2. The normalized spacial score (nSPS) is 19.2. The van der Waals surface area contributed by atoms with Crippen LogP contribution in [-0.2, 0) is 32.9 Å². The minimum Gasteiger partial charge on any atom is -0.500 e. The number of rotatable bonds is 7. The summed E-state index contributed by atoms with van der Waals surface area (Å²) >= 11 is 0. The first kappa shape index (κ1) is 33.8. The molecule has 323 valence electrons. The van der Waals surface area contributed by atoms with Gasteiger partial charge in [0.15, 0.2) is 0 Å². The molecule has 1 saturated carbocycles. The predicted molar refractivity (Wildman–Crippen MR) is 263 cm³/mol. The maximum absolute atomic E-state index is 9.18. The molecule has 3 nitrogen and oxygen atoms in total. The molecule has 0 spiro atoms. The van der Waals surface area contributed by atoms with Gasteiger partial charge in [0.25, 0.3) is 0 Å². The fourth-order valence-electron chi connectivity index (χ4n) is 9.43. The summed E-state index contributed by atoms with van der Waals surface area (Å²) in [4.78, 5) is 9.01. The summed E-state index contributed by atoms with van der Waals surface area (Å²) in [7, 11) is 0. The third-order valence-corrected chi connectivity index (χ3v) is 12.7. The first-order chi connectivity index (χ1) is 34.1. The van der Waals surface area contributed by atoms with E-state index in [1.807, 2.05) is 82.4 Å². The van der Waals surface area contributed by atoms with Gasteiger partial charge in [0.05, 0.1) is 5.58 Å². The minimum atomic E-state index is -2.23. The summed E-state index contributed by atoms with van der Waals surface area (Å²) in [5.74, 6) is -2.49. The van der Waals surface area contributed by atoms with Crippen molar-refractivity contribution in [3.05, 3.63) is 180 Å². The van der Waals surface area contributed by atoms with E-state index in [9.17, 15) is 2.74 Å². The molecule has 0 saturated heterocycles. The van der Waals surface area contributed by atoms with Crippen LogP contribution in [0.1, 0.15) is 112 Å². The SMILES string of the molecule is [2H]C(C)(C)c1cc(-c2ccccc2)cc(C([2H])(C)C)c1-c1ccnc(-c2[c-]ccc3c2oc2c4ccccc4ccc32)c1.[2H]C([2H])([2H])c1ccc(-c2[c-]cc3c(c2)C([2H])([2H])C(C2CCCCC2)C3([2H])[2H])nc1.[Ir]. The van der Waals surface area contributed by atoms with E-state index < -0.39 is 37.3 Å². The predicted octanol–water partition coefficient (Wildman–Crippen LogP) is 16.3. The van der Waals surface area contributed by atoms with Gasteiger partial charge in [-0.15, -0.1) is 53.1 Å². The van der Waals surface area contributed by atoms with Crippen LogP contribution in [0.4, 0.5) is 0 Å². The van der Waals surface area contributed by atoms with E-state index in [4.69, 9.17) is 19.0 Å². The molecule has 64 heavy (non-hydrogen) atoms. The molecule has 0 bridgehead atoms. The zero-order valence-electron chi connectivity index (χ0n) is 45.6. The smallest absolute Gasteiger partial charge is 0.128 e. The Morgan fingerprint density at radius 1 is 0.656 bits per heavy atom. The summed E-state index contributed by atoms with van der Waals surface area (Å²) in [5.41, 5.74) is 10.7. The van der Waals surface area contributed by atoms with Gasteiger partial charge in [-0.05, 0) is 98.6 Å². The van der Waals surface area contributed by atoms with E-state index in [0.29, 0.717) is 22.4 Å².